The highest BCUT2D eigenvalue weighted by Crippen LogP contribution is 2.27. The van der Waals surface area contributed by atoms with Crippen LogP contribution in [0.25, 0.3) is 5.69 Å². The number of nitro benzene ring substituents is 1. The summed E-state index contributed by atoms with van der Waals surface area (Å²) in [5, 5.41) is 10.7. The maximum Gasteiger partial charge on any atom is 0.273 e. The maximum atomic E-state index is 10.7. The van der Waals surface area contributed by atoms with E-state index in [1.54, 1.807) is 6.07 Å². The molecule has 18 heavy (non-hydrogen) atoms. The smallest absolute Gasteiger partial charge is 0.273 e. The van der Waals surface area contributed by atoms with Gasteiger partial charge in [0, 0.05) is 6.07 Å². The van der Waals surface area contributed by atoms with Crippen molar-refractivity contribution in [2.45, 2.75) is 13.5 Å². The highest BCUT2D eigenvalue weighted by molar-refractivity contribution is 5.52. The molecule has 1 aromatic carbocycles. The summed E-state index contributed by atoms with van der Waals surface area (Å²) >= 11 is 0. The minimum absolute atomic E-state index is 0.0196. The van der Waals surface area contributed by atoms with E-state index in [0.717, 1.165) is 12.2 Å². The lowest BCUT2D eigenvalue weighted by Crippen LogP contribution is -2.28. The number of aromatic nitrogens is 2. The molecule has 0 fully saturated rings. The van der Waals surface area contributed by atoms with Gasteiger partial charge in [0.1, 0.15) is 12.4 Å². The summed E-state index contributed by atoms with van der Waals surface area (Å²) in [7, 11) is 1.50. The van der Waals surface area contributed by atoms with Crippen molar-refractivity contribution in [1.82, 2.24) is 4.57 Å². The Balaban J connectivity index is 2.47. The zero-order valence-electron chi connectivity index (χ0n) is 10.2. The number of hydrogen-bond acceptors (Lipinski definition) is 3. The van der Waals surface area contributed by atoms with E-state index >= 15 is 0 Å². The Morgan fingerprint density at radius 1 is 1.50 bits per heavy atom. The van der Waals surface area contributed by atoms with E-state index in [-0.39, 0.29) is 5.69 Å². The number of rotatable bonds is 4. The number of hydrogen-bond donors (Lipinski definition) is 0. The molecule has 0 aliphatic heterocycles. The standard InChI is InChI=1S/C12H14N3O3/c1-3-13-6-7-14(9-13)11-5-4-10(15(16)17)8-12(11)18-2/h4-9H,3H2,1-2H3/q+1. The Hall–Kier alpha value is -2.37. The molecule has 6 heteroatoms. The van der Waals surface area contributed by atoms with Crippen molar-refractivity contribution in [3.8, 4) is 11.4 Å². The van der Waals surface area contributed by atoms with E-state index in [2.05, 4.69) is 0 Å². The molecule has 2 aromatic rings. The first-order chi connectivity index (χ1) is 8.65. The van der Waals surface area contributed by atoms with Crippen LogP contribution in [-0.2, 0) is 6.54 Å². The molecule has 0 saturated heterocycles. The molecule has 0 saturated carbocycles. The molecule has 0 aliphatic rings. The number of nitro groups is 1. The van der Waals surface area contributed by atoms with E-state index in [1.165, 1.54) is 19.2 Å². The van der Waals surface area contributed by atoms with Crippen molar-refractivity contribution >= 4 is 5.69 Å². The SMILES string of the molecule is CC[n+]1ccn(-c2ccc([N+](=O)[O-])cc2OC)c1. The van der Waals surface area contributed by atoms with Gasteiger partial charge in [0.05, 0.1) is 24.6 Å². The first-order valence-corrected chi connectivity index (χ1v) is 5.55. The normalized spacial score (nSPS) is 10.3. The Kier molecular flexibility index (Phi) is 3.27. The zero-order chi connectivity index (χ0) is 13.1. The number of benzene rings is 1. The van der Waals surface area contributed by atoms with E-state index in [0.29, 0.717) is 5.75 Å². The largest absolute Gasteiger partial charge is 0.492 e. The molecule has 0 spiro atoms. The van der Waals surface area contributed by atoms with E-state index in [9.17, 15) is 10.1 Å². The average molecular weight is 248 g/mol. The molecule has 2 rings (SSSR count). The first-order valence-electron chi connectivity index (χ1n) is 5.55. The lowest BCUT2D eigenvalue weighted by molar-refractivity contribution is -0.692. The minimum Gasteiger partial charge on any atom is -0.492 e. The van der Waals surface area contributed by atoms with Gasteiger partial charge in [0.15, 0.2) is 11.4 Å². The van der Waals surface area contributed by atoms with Gasteiger partial charge in [-0.1, -0.05) is 0 Å². The Morgan fingerprint density at radius 2 is 2.28 bits per heavy atom. The molecule has 0 bridgehead atoms. The topological polar surface area (TPSA) is 61.2 Å². The summed E-state index contributed by atoms with van der Waals surface area (Å²) in [6, 6.07) is 4.57. The summed E-state index contributed by atoms with van der Waals surface area (Å²) in [6.07, 6.45) is 5.72. The Morgan fingerprint density at radius 3 is 2.83 bits per heavy atom. The van der Waals surface area contributed by atoms with Crippen LogP contribution in [0.1, 0.15) is 6.92 Å². The van der Waals surface area contributed by atoms with Crippen LogP contribution in [0.2, 0.25) is 0 Å². The van der Waals surface area contributed by atoms with E-state index in [1.807, 2.05) is 34.8 Å². The Bertz CT molecular complexity index is 578. The fraction of sp³-hybridized carbons (Fsp3) is 0.250. The van der Waals surface area contributed by atoms with Crippen molar-refractivity contribution in [1.29, 1.82) is 0 Å². The number of ether oxygens (including phenoxy) is 1. The van der Waals surface area contributed by atoms with Crippen LogP contribution < -0.4 is 9.30 Å². The van der Waals surface area contributed by atoms with Crippen LogP contribution in [0.4, 0.5) is 5.69 Å². The monoisotopic (exact) mass is 248 g/mol. The van der Waals surface area contributed by atoms with Crippen molar-refractivity contribution in [3.05, 3.63) is 47.0 Å². The molecule has 0 atom stereocenters. The van der Waals surface area contributed by atoms with Crippen molar-refractivity contribution in [2.75, 3.05) is 7.11 Å². The molecule has 6 nitrogen and oxygen atoms in total. The second-order valence-corrected chi connectivity index (χ2v) is 3.76. The van der Waals surface area contributed by atoms with Crippen LogP contribution in [0.3, 0.4) is 0 Å². The summed E-state index contributed by atoms with van der Waals surface area (Å²) in [6.45, 7) is 2.90. The minimum atomic E-state index is -0.436. The predicted molar refractivity (Wildman–Crippen MR) is 64.8 cm³/mol. The number of nitrogens with zero attached hydrogens (tertiary/aromatic N) is 3. The average Bonchev–Trinajstić information content (AvgIpc) is 2.86. The highest BCUT2D eigenvalue weighted by atomic mass is 16.6. The lowest BCUT2D eigenvalue weighted by Gasteiger charge is -2.04. The van der Waals surface area contributed by atoms with Gasteiger partial charge in [0.25, 0.3) is 5.69 Å². The third kappa shape index (κ3) is 2.17. The van der Waals surface area contributed by atoms with E-state index in [4.69, 9.17) is 4.74 Å². The fourth-order valence-electron chi connectivity index (χ4n) is 1.72. The molecular formula is C12H14N3O3+. The molecule has 94 valence electrons. The fourth-order valence-corrected chi connectivity index (χ4v) is 1.72. The summed E-state index contributed by atoms with van der Waals surface area (Å²) in [5.74, 6) is 0.475. The number of imidazole rings is 1. The molecule has 0 N–H and O–H groups in total. The summed E-state index contributed by atoms with van der Waals surface area (Å²) < 4.78 is 9.07. The predicted octanol–water partition coefficient (Wildman–Crippen LogP) is 1.70. The van der Waals surface area contributed by atoms with Crippen LogP contribution in [0.5, 0.6) is 5.75 Å². The van der Waals surface area contributed by atoms with Gasteiger partial charge in [-0.05, 0) is 13.0 Å². The third-order valence-corrected chi connectivity index (χ3v) is 2.71. The van der Waals surface area contributed by atoms with Gasteiger partial charge in [-0.25, -0.2) is 4.57 Å². The van der Waals surface area contributed by atoms with Crippen LogP contribution in [0, 0.1) is 10.1 Å². The number of methoxy groups -OCH3 is 1. The van der Waals surface area contributed by atoms with Crippen LogP contribution in [-0.4, -0.2) is 16.6 Å². The molecule has 0 amide bonds. The van der Waals surface area contributed by atoms with Gasteiger partial charge in [-0.15, -0.1) is 0 Å². The molecule has 1 aromatic heterocycles. The van der Waals surface area contributed by atoms with Crippen molar-refractivity contribution in [3.63, 3.8) is 0 Å². The van der Waals surface area contributed by atoms with Crippen LogP contribution in [0.15, 0.2) is 36.9 Å². The van der Waals surface area contributed by atoms with Gasteiger partial charge in [0.2, 0.25) is 6.33 Å². The summed E-state index contributed by atoms with van der Waals surface area (Å²) in [5.41, 5.74) is 0.793. The lowest BCUT2D eigenvalue weighted by atomic mass is 10.2. The Labute approximate surface area is 104 Å². The molecule has 0 aliphatic carbocycles. The number of non-ortho nitro benzene ring substituents is 1. The summed E-state index contributed by atoms with van der Waals surface area (Å²) in [4.78, 5) is 10.3. The van der Waals surface area contributed by atoms with Gasteiger partial charge in [-0.3, -0.25) is 10.1 Å². The quantitative estimate of drug-likeness (QED) is 0.470. The molecule has 0 radical (unpaired) electrons. The molecule has 0 unspecified atom stereocenters. The maximum absolute atomic E-state index is 10.7. The second-order valence-electron chi connectivity index (χ2n) is 3.76. The highest BCUT2D eigenvalue weighted by Gasteiger charge is 2.16. The van der Waals surface area contributed by atoms with Crippen molar-refractivity contribution < 1.29 is 14.2 Å². The zero-order valence-corrected chi connectivity index (χ0v) is 10.2. The van der Waals surface area contributed by atoms with Gasteiger partial charge < -0.3 is 4.74 Å². The third-order valence-electron chi connectivity index (χ3n) is 2.71. The molecular weight excluding hydrogens is 234 g/mol. The van der Waals surface area contributed by atoms with E-state index < -0.39 is 4.92 Å². The second kappa shape index (κ2) is 4.87. The number of aryl methyl sites for hydroxylation is 1. The first kappa shape index (κ1) is 12.1. The molecule has 1 heterocycles. The van der Waals surface area contributed by atoms with Gasteiger partial charge in [-0.2, -0.15) is 4.57 Å². The van der Waals surface area contributed by atoms with Crippen molar-refractivity contribution in [2.24, 2.45) is 0 Å². The van der Waals surface area contributed by atoms with Crippen LogP contribution >= 0.6 is 0 Å². The van der Waals surface area contributed by atoms with Gasteiger partial charge >= 0.3 is 0 Å².